The monoisotopic (exact) mass is 340 g/mol. The van der Waals surface area contributed by atoms with E-state index in [1.165, 1.54) is 4.35 Å². The molecular weight excluding hydrogens is 323 g/mol. The third kappa shape index (κ3) is 3.92. The molecule has 6 heteroatoms. The van der Waals surface area contributed by atoms with E-state index in [1.807, 2.05) is 47.8 Å². The van der Waals surface area contributed by atoms with Crippen LogP contribution in [0.3, 0.4) is 0 Å². The van der Waals surface area contributed by atoms with Crippen LogP contribution in [0.25, 0.3) is 0 Å². The molecule has 2 aromatic rings. The molecule has 0 atom stereocenters. The largest absolute Gasteiger partial charge is 1.00 e. The number of imidazole rings is 1. The molecule has 0 saturated carbocycles. The van der Waals surface area contributed by atoms with Crippen LogP contribution in [0.15, 0.2) is 46.9 Å². The summed E-state index contributed by atoms with van der Waals surface area (Å²) in [5.41, 5.74) is 5.55. The summed E-state index contributed by atoms with van der Waals surface area (Å²) in [6, 6.07) is 8.41. The quantitative estimate of drug-likeness (QED) is 0.399. The number of hydrogen-bond donors (Lipinski definition) is 0. The van der Waals surface area contributed by atoms with Crippen molar-refractivity contribution in [3.63, 3.8) is 0 Å². The summed E-state index contributed by atoms with van der Waals surface area (Å²) in [7, 11) is 3.92. The molecule has 0 aliphatic heterocycles. The Hall–Kier alpha value is -1.12. The van der Waals surface area contributed by atoms with E-state index in [9.17, 15) is 0 Å². The molecule has 1 aromatic heterocycles. The molecule has 1 heterocycles. The van der Waals surface area contributed by atoms with Crippen LogP contribution in [0.2, 0.25) is 11.4 Å². The van der Waals surface area contributed by atoms with Crippen LogP contribution in [0, 0.1) is 0 Å². The second-order valence-electron chi connectivity index (χ2n) is 4.43. The maximum atomic E-state index is 4.27. The van der Waals surface area contributed by atoms with Crippen molar-refractivity contribution in [1.82, 2.24) is 4.57 Å². The van der Waals surface area contributed by atoms with E-state index in [1.54, 1.807) is 0 Å². The summed E-state index contributed by atoms with van der Waals surface area (Å²) < 4.78 is 5.35. The Balaban J connectivity index is 0.00000180. The van der Waals surface area contributed by atoms with Crippen molar-refractivity contribution in [2.75, 3.05) is 0 Å². The van der Waals surface area contributed by atoms with Crippen molar-refractivity contribution in [3.05, 3.63) is 36.7 Å². The van der Waals surface area contributed by atoms with E-state index in [2.05, 4.69) is 33.8 Å². The Kier molecular flexibility index (Phi) is 5.77. The molecule has 0 saturated heterocycles. The van der Waals surface area contributed by atoms with Crippen LogP contribution in [0.5, 0.6) is 0 Å². The molecule has 0 N–H and O–H groups in total. The Morgan fingerprint density at radius 1 is 1.11 bits per heavy atom. The fourth-order valence-electron chi connectivity index (χ4n) is 1.64. The van der Waals surface area contributed by atoms with Crippen LogP contribution >= 0.6 is 0 Å². The van der Waals surface area contributed by atoms with Crippen LogP contribution in [0.1, 0.15) is 0 Å². The van der Waals surface area contributed by atoms with Crippen molar-refractivity contribution < 1.29 is 17.0 Å². The smallest absolute Gasteiger partial charge is 1.00 e. The van der Waals surface area contributed by atoms with Crippen molar-refractivity contribution in [2.24, 2.45) is 24.3 Å². The molecule has 0 amide bonds. The fourth-order valence-corrected chi connectivity index (χ4v) is 3.21. The van der Waals surface area contributed by atoms with Gasteiger partial charge in [0.15, 0.2) is 0 Å². The third-order valence-corrected chi connectivity index (χ3v) is 5.56. The van der Waals surface area contributed by atoms with Gasteiger partial charge >= 0.3 is 112 Å². The van der Waals surface area contributed by atoms with E-state index < -0.39 is 14.7 Å². The van der Waals surface area contributed by atoms with Crippen LogP contribution in [-0.2, 0) is 14.1 Å². The van der Waals surface area contributed by atoms with Crippen molar-refractivity contribution in [2.45, 2.75) is 11.4 Å². The normalized spacial score (nSPS) is 11.0. The molecule has 102 valence electrons. The summed E-state index contributed by atoms with van der Waals surface area (Å²) in [6.45, 7) is 0. The van der Waals surface area contributed by atoms with Gasteiger partial charge in [-0.3, -0.25) is 0 Å². The van der Waals surface area contributed by atoms with E-state index >= 15 is 0 Å². The molecule has 1 aromatic carbocycles. The molecule has 2 rings (SSSR count). The van der Waals surface area contributed by atoms with Gasteiger partial charge in [0.1, 0.15) is 0 Å². The summed E-state index contributed by atoms with van der Waals surface area (Å²) in [4.78, 5) is 0. The van der Waals surface area contributed by atoms with Gasteiger partial charge in [-0.25, -0.2) is 0 Å². The van der Waals surface area contributed by atoms with Crippen molar-refractivity contribution >= 4 is 30.6 Å². The summed E-state index contributed by atoms with van der Waals surface area (Å²) in [5.74, 6) is 0.831. The number of azo groups is 1. The number of aryl methyl sites for hydroxylation is 2. The van der Waals surface area contributed by atoms with Gasteiger partial charge in [0.05, 0.1) is 0 Å². The van der Waals surface area contributed by atoms with Crippen molar-refractivity contribution in [3.8, 4) is 0 Å². The Labute approximate surface area is 124 Å². The predicted molar refractivity (Wildman–Crippen MR) is 74.3 cm³/mol. The SMILES string of the molecule is Cn1cc[n+](C)c1N=Nc1ccc([As](C)C)cc1.[Cl-]. The first-order valence-corrected chi connectivity index (χ1v) is 10.5. The van der Waals surface area contributed by atoms with Crippen LogP contribution in [-0.4, -0.2) is 19.2 Å². The molecule has 4 nitrogen and oxygen atoms in total. The molecular formula is C13H18AsClN4. The molecule has 0 spiro atoms. The number of nitrogens with zero attached hydrogens (tertiary/aromatic N) is 4. The average Bonchev–Trinajstić information content (AvgIpc) is 2.67. The van der Waals surface area contributed by atoms with E-state index in [0.717, 1.165) is 11.6 Å². The van der Waals surface area contributed by atoms with Gasteiger partial charge in [0.2, 0.25) is 0 Å². The number of halogens is 1. The van der Waals surface area contributed by atoms with Crippen LogP contribution < -0.4 is 21.3 Å². The minimum absolute atomic E-state index is 0. The standard InChI is InChI=1S/C13H18AsN4.ClH/c1-14(2)11-5-7-12(8-6-11)15-16-13-17(3)9-10-18(13)4;/h5-10H,1-4H3;1H/q+1;/p-1. The zero-order chi connectivity index (χ0) is 13.1. The van der Waals surface area contributed by atoms with Gasteiger partial charge in [-0.1, -0.05) is 0 Å². The second kappa shape index (κ2) is 6.88. The number of hydrogen-bond acceptors (Lipinski definition) is 2. The molecule has 0 fully saturated rings. The van der Waals surface area contributed by atoms with E-state index in [0.29, 0.717) is 0 Å². The molecule has 0 bridgehead atoms. The van der Waals surface area contributed by atoms with Gasteiger partial charge in [0.25, 0.3) is 0 Å². The summed E-state index contributed by atoms with van der Waals surface area (Å²) >= 11 is -0.778. The van der Waals surface area contributed by atoms with Gasteiger partial charge < -0.3 is 12.4 Å². The first kappa shape index (κ1) is 15.9. The molecule has 19 heavy (non-hydrogen) atoms. The minimum Gasteiger partial charge on any atom is -1.00 e. The average molecular weight is 341 g/mol. The zero-order valence-corrected chi connectivity index (χ0v) is 14.2. The van der Waals surface area contributed by atoms with Crippen LogP contribution in [0.4, 0.5) is 11.6 Å². The van der Waals surface area contributed by atoms with E-state index in [4.69, 9.17) is 0 Å². The molecule has 0 aliphatic carbocycles. The zero-order valence-electron chi connectivity index (χ0n) is 11.6. The first-order chi connectivity index (χ1) is 8.58. The second-order valence-corrected chi connectivity index (χ2v) is 9.27. The predicted octanol–water partition coefficient (Wildman–Crippen LogP) is -0.770. The topological polar surface area (TPSA) is 33.5 Å². The number of aromatic nitrogens is 2. The number of rotatable bonds is 3. The Morgan fingerprint density at radius 2 is 1.74 bits per heavy atom. The molecule has 0 aliphatic rings. The Morgan fingerprint density at radius 3 is 2.21 bits per heavy atom. The van der Waals surface area contributed by atoms with Gasteiger partial charge in [-0.05, 0) is 0 Å². The molecule has 0 radical (unpaired) electrons. The minimum atomic E-state index is -0.778. The van der Waals surface area contributed by atoms with Gasteiger partial charge in [-0.2, -0.15) is 0 Å². The maximum Gasteiger partial charge on any atom is -1.00 e. The van der Waals surface area contributed by atoms with E-state index in [-0.39, 0.29) is 12.4 Å². The maximum absolute atomic E-state index is 4.27. The molecule has 0 unspecified atom stereocenters. The number of benzene rings is 1. The van der Waals surface area contributed by atoms with Gasteiger partial charge in [-0.15, -0.1) is 0 Å². The summed E-state index contributed by atoms with van der Waals surface area (Å²) in [6.07, 6.45) is 3.92. The fraction of sp³-hybridized carbons (Fsp3) is 0.308. The summed E-state index contributed by atoms with van der Waals surface area (Å²) in [5, 5.41) is 8.54. The van der Waals surface area contributed by atoms with Gasteiger partial charge in [0, 0.05) is 0 Å². The third-order valence-electron chi connectivity index (χ3n) is 2.77. The van der Waals surface area contributed by atoms with Crippen molar-refractivity contribution in [1.29, 1.82) is 0 Å². The first-order valence-electron chi connectivity index (χ1n) is 5.78. The Bertz CT molecular complexity index is 541.